The van der Waals surface area contributed by atoms with Crippen molar-refractivity contribution in [3.63, 3.8) is 0 Å². The molecule has 0 saturated carbocycles. The van der Waals surface area contributed by atoms with Gasteiger partial charge in [-0.2, -0.15) is 0 Å². The predicted octanol–water partition coefficient (Wildman–Crippen LogP) is 7.63. The highest BCUT2D eigenvalue weighted by Crippen LogP contribution is 2.39. The fraction of sp³-hybridized carbons (Fsp3) is 0.182. The van der Waals surface area contributed by atoms with Crippen molar-refractivity contribution in [2.24, 2.45) is 0 Å². The lowest BCUT2D eigenvalue weighted by Gasteiger charge is -2.13. The van der Waals surface area contributed by atoms with Crippen LogP contribution < -0.4 is 28.4 Å². The summed E-state index contributed by atoms with van der Waals surface area (Å²) in [6, 6.07) is 25.7. The lowest BCUT2D eigenvalue weighted by Crippen LogP contribution is -2.09. The van der Waals surface area contributed by atoms with Gasteiger partial charge in [0.05, 0.1) is 38.7 Å². The van der Waals surface area contributed by atoms with Crippen LogP contribution in [-0.4, -0.2) is 46.6 Å². The minimum atomic E-state index is 0.357. The Labute approximate surface area is 243 Å². The molecule has 0 radical (unpaired) electrons. The van der Waals surface area contributed by atoms with E-state index in [9.17, 15) is 0 Å². The Morgan fingerprint density at radius 1 is 0.634 bits per heavy atom. The number of ether oxygens (including phenoxy) is 6. The average Bonchev–Trinajstić information content (AvgIpc) is 3.46. The summed E-state index contributed by atoms with van der Waals surface area (Å²) in [5.74, 6) is 3.80. The molecule has 0 fully saturated rings. The van der Waals surface area contributed by atoms with Crippen LogP contribution >= 0.6 is 11.3 Å². The second-order valence-electron chi connectivity index (χ2n) is 8.91. The van der Waals surface area contributed by atoms with Gasteiger partial charge in [-0.1, -0.05) is 30.4 Å². The van der Waals surface area contributed by atoms with Gasteiger partial charge in [-0.25, -0.2) is 4.98 Å². The van der Waals surface area contributed by atoms with Gasteiger partial charge in [-0.05, 0) is 71.8 Å². The molecule has 0 atom stereocenters. The van der Waals surface area contributed by atoms with Gasteiger partial charge in [-0.3, -0.25) is 0 Å². The zero-order chi connectivity index (χ0) is 28.6. The van der Waals surface area contributed by atoms with Crippen molar-refractivity contribution in [3.8, 4) is 45.1 Å². The second kappa shape index (κ2) is 13.1. The Morgan fingerprint density at radius 2 is 1.29 bits per heavy atom. The van der Waals surface area contributed by atoms with E-state index in [1.54, 1.807) is 39.8 Å². The number of para-hydroxylation sites is 1. The van der Waals surface area contributed by atoms with E-state index in [4.69, 9.17) is 33.4 Å². The molecule has 1 aromatic heterocycles. The molecular formula is C33H31NO6S. The molecule has 5 rings (SSSR count). The average molecular weight is 570 g/mol. The Morgan fingerprint density at radius 3 is 1.98 bits per heavy atom. The van der Waals surface area contributed by atoms with Crippen LogP contribution in [0.15, 0.2) is 78.9 Å². The third-order valence-corrected chi connectivity index (χ3v) is 7.43. The third kappa shape index (κ3) is 6.56. The van der Waals surface area contributed by atoms with Crippen molar-refractivity contribution < 1.29 is 28.4 Å². The molecule has 1 heterocycles. The maximum Gasteiger partial charge on any atom is 0.203 e. The van der Waals surface area contributed by atoms with Gasteiger partial charge in [0.25, 0.3) is 0 Å². The molecule has 0 aliphatic heterocycles. The van der Waals surface area contributed by atoms with Gasteiger partial charge in [-0.15, -0.1) is 11.3 Å². The molecule has 4 aromatic carbocycles. The van der Waals surface area contributed by atoms with Crippen LogP contribution in [0.2, 0.25) is 0 Å². The first kappa shape index (κ1) is 27.9. The summed E-state index contributed by atoms with van der Waals surface area (Å²) < 4.78 is 34.9. The van der Waals surface area contributed by atoms with Gasteiger partial charge in [0, 0.05) is 5.56 Å². The molecule has 5 aromatic rings. The van der Waals surface area contributed by atoms with Gasteiger partial charge >= 0.3 is 0 Å². The number of aromatic nitrogens is 1. The normalized spacial score (nSPS) is 11.0. The highest BCUT2D eigenvalue weighted by atomic mass is 32.1. The summed E-state index contributed by atoms with van der Waals surface area (Å²) >= 11 is 1.68. The summed E-state index contributed by atoms with van der Waals surface area (Å²) in [6.07, 6.45) is 3.95. The minimum Gasteiger partial charge on any atom is -0.493 e. The quantitative estimate of drug-likeness (QED) is 0.113. The van der Waals surface area contributed by atoms with Crippen molar-refractivity contribution in [1.82, 2.24) is 4.98 Å². The van der Waals surface area contributed by atoms with Crippen LogP contribution in [0.5, 0.6) is 34.5 Å². The predicted molar refractivity (Wildman–Crippen MR) is 164 cm³/mol. The molecule has 41 heavy (non-hydrogen) atoms. The molecule has 0 saturated heterocycles. The van der Waals surface area contributed by atoms with E-state index in [2.05, 4.69) is 6.07 Å². The van der Waals surface area contributed by atoms with Crippen molar-refractivity contribution in [3.05, 3.63) is 90.0 Å². The topological polar surface area (TPSA) is 68.3 Å². The molecule has 7 nitrogen and oxygen atoms in total. The molecule has 210 valence electrons. The lowest BCUT2D eigenvalue weighted by atomic mass is 10.1. The van der Waals surface area contributed by atoms with Crippen molar-refractivity contribution in [1.29, 1.82) is 0 Å². The van der Waals surface area contributed by atoms with Crippen molar-refractivity contribution >= 4 is 33.7 Å². The van der Waals surface area contributed by atoms with Crippen LogP contribution in [-0.2, 0) is 0 Å². The summed E-state index contributed by atoms with van der Waals surface area (Å²) in [5, 5.41) is 0.993. The molecule has 0 spiro atoms. The van der Waals surface area contributed by atoms with E-state index in [1.807, 2.05) is 84.9 Å². The van der Waals surface area contributed by atoms with Crippen molar-refractivity contribution in [2.45, 2.75) is 0 Å². The van der Waals surface area contributed by atoms with Crippen LogP contribution in [0.25, 0.3) is 32.9 Å². The number of rotatable bonds is 12. The Balaban J connectivity index is 1.20. The molecule has 0 aliphatic rings. The second-order valence-corrected chi connectivity index (χ2v) is 9.94. The van der Waals surface area contributed by atoms with E-state index >= 15 is 0 Å². The monoisotopic (exact) mass is 569 g/mol. The number of thiazole rings is 1. The Kier molecular flexibility index (Phi) is 8.91. The number of hydrogen-bond donors (Lipinski definition) is 0. The largest absolute Gasteiger partial charge is 0.493 e. The fourth-order valence-electron chi connectivity index (χ4n) is 4.30. The highest BCUT2D eigenvalue weighted by molar-refractivity contribution is 7.21. The zero-order valence-corrected chi connectivity index (χ0v) is 24.2. The number of methoxy groups -OCH3 is 4. The van der Waals surface area contributed by atoms with Crippen LogP contribution in [0, 0.1) is 0 Å². The first-order valence-corrected chi connectivity index (χ1v) is 13.8. The van der Waals surface area contributed by atoms with E-state index in [0.29, 0.717) is 42.0 Å². The van der Waals surface area contributed by atoms with Crippen molar-refractivity contribution in [2.75, 3.05) is 41.7 Å². The Bertz CT molecular complexity index is 1590. The summed E-state index contributed by atoms with van der Waals surface area (Å²) in [5.41, 5.74) is 3.93. The lowest BCUT2D eigenvalue weighted by molar-refractivity contribution is 0.211. The third-order valence-electron chi connectivity index (χ3n) is 6.35. The molecule has 0 N–H and O–H groups in total. The van der Waals surface area contributed by atoms with Gasteiger partial charge < -0.3 is 28.4 Å². The number of benzene rings is 4. The fourth-order valence-corrected chi connectivity index (χ4v) is 5.27. The smallest absolute Gasteiger partial charge is 0.203 e. The highest BCUT2D eigenvalue weighted by Gasteiger charge is 2.12. The number of nitrogens with zero attached hydrogens (tertiary/aromatic N) is 1. The molecular weight excluding hydrogens is 538 g/mol. The van der Waals surface area contributed by atoms with E-state index in [-0.39, 0.29) is 0 Å². The molecule has 0 unspecified atom stereocenters. The number of fused-ring (bicyclic) bond motifs is 1. The zero-order valence-electron chi connectivity index (χ0n) is 23.4. The van der Waals surface area contributed by atoms with E-state index in [0.717, 1.165) is 33.0 Å². The van der Waals surface area contributed by atoms with Gasteiger partial charge in [0.2, 0.25) is 5.75 Å². The minimum absolute atomic E-state index is 0.357. The SMILES string of the molecule is COc1ccc(C=Cc2cc(OC)c(OC)c(OC)c2)cc1OCCOc1ccc(-c2nc3ccccc3s2)cc1. The first-order valence-electron chi connectivity index (χ1n) is 13.0. The summed E-state index contributed by atoms with van der Waals surface area (Å²) in [4.78, 5) is 4.72. The van der Waals surface area contributed by atoms with Crippen LogP contribution in [0.3, 0.4) is 0 Å². The molecule has 0 aliphatic carbocycles. The molecule has 0 bridgehead atoms. The van der Waals surface area contributed by atoms with Gasteiger partial charge in [0.15, 0.2) is 23.0 Å². The van der Waals surface area contributed by atoms with Crippen LogP contribution in [0.1, 0.15) is 11.1 Å². The summed E-state index contributed by atoms with van der Waals surface area (Å²) in [6.45, 7) is 0.741. The first-order chi connectivity index (χ1) is 20.1. The molecule has 8 heteroatoms. The molecule has 0 amide bonds. The maximum absolute atomic E-state index is 6.02. The van der Waals surface area contributed by atoms with E-state index < -0.39 is 0 Å². The summed E-state index contributed by atoms with van der Waals surface area (Å²) in [7, 11) is 6.40. The Hall–Kier alpha value is -4.69. The van der Waals surface area contributed by atoms with E-state index in [1.165, 1.54) is 4.70 Å². The number of hydrogen-bond acceptors (Lipinski definition) is 8. The maximum atomic E-state index is 6.02. The standard InChI is InChI=1S/C33H31NO6S/c1-35-27-16-11-22(9-10-23-20-29(36-2)32(38-4)30(21-23)37-3)19-28(27)40-18-17-39-25-14-12-24(13-15-25)33-34-26-7-5-6-8-31(26)41-33/h5-16,19-21H,17-18H2,1-4H3. The van der Waals surface area contributed by atoms with Crippen LogP contribution in [0.4, 0.5) is 0 Å². The van der Waals surface area contributed by atoms with Gasteiger partial charge in [0.1, 0.15) is 24.0 Å².